The van der Waals surface area contributed by atoms with Gasteiger partial charge in [0, 0.05) is 12.3 Å². The second kappa shape index (κ2) is 7.02. The molecule has 1 rings (SSSR count). The number of amides is 1. The molecule has 1 aromatic rings. The predicted octanol–water partition coefficient (Wildman–Crippen LogP) is 1.94. The van der Waals surface area contributed by atoms with Crippen molar-refractivity contribution < 1.29 is 17.6 Å². The van der Waals surface area contributed by atoms with Crippen LogP contribution in [0.15, 0.2) is 24.3 Å². The summed E-state index contributed by atoms with van der Waals surface area (Å²) in [5.41, 5.74) is 0.891. The van der Waals surface area contributed by atoms with Crippen LogP contribution in [-0.2, 0) is 21.1 Å². The van der Waals surface area contributed by atoms with Crippen molar-refractivity contribution in [1.82, 2.24) is 5.32 Å². The first-order valence-electron chi connectivity index (χ1n) is 6.85. The van der Waals surface area contributed by atoms with E-state index < -0.39 is 21.0 Å². The minimum atomic E-state index is -3.41. The fourth-order valence-electron chi connectivity index (χ4n) is 1.82. The highest BCUT2D eigenvalue weighted by molar-refractivity contribution is 7.92. The molecule has 0 aliphatic carbocycles. The smallest absolute Gasteiger partial charge is 0.238 e. The van der Waals surface area contributed by atoms with E-state index in [0.29, 0.717) is 6.42 Å². The zero-order valence-electron chi connectivity index (χ0n) is 12.8. The molecule has 1 amide bonds. The molecule has 0 fully saturated rings. The number of rotatable bonds is 6. The molecule has 0 saturated carbocycles. The Hall–Kier alpha value is -1.43. The molecule has 0 unspecified atom stereocenters. The first-order valence-corrected chi connectivity index (χ1v) is 8.80. The number of sulfone groups is 1. The van der Waals surface area contributed by atoms with E-state index in [1.165, 1.54) is 19.1 Å². The van der Waals surface area contributed by atoms with E-state index in [-0.39, 0.29) is 17.8 Å². The third kappa shape index (κ3) is 5.46. The Labute approximate surface area is 125 Å². The van der Waals surface area contributed by atoms with Crippen molar-refractivity contribution in [1.29, 1.82) is 0 Å². The average molecular weight is 315 g/mol. The molecule has 4 nitrogen and oxygen atoms in total. The summed E-state index contributed by atoms with van der Waals surface area (Å²) in [6.07, 6.45) is 1.57. The van der Waals surface area contributed by atoms with Gasteiger partial charge < -0.3 is 5.32 Å². The number of carbonyl (C=O) groups is 1. The summed E-state index contributed by atoms with van der Waals surface area (Å²) in [4.78, 5) is 12.0. The minimum Gasteiger partial charge on any atom is -0.352 e. The monoisotopic (exact) mass is 315 g/mol. The van der Waals surface area contributed by atoms with Gasteiger partial charge in [0.15, 0.2) is 9.84 Å². The molecule has 0 radical (unpaired) electrons. The number of nitrogens with one attached hydrogen (secondary N) is 1. The van der Waals surface area contributed by atoms with Crippen molar-refractivity contribution in [3.63, 3.8) is 0 Å². The van der Waals surface area contributed by atoms with E-state index in [2.05, 4.69) is 5.32 Å². The van der Waals surface area contributed by atoms with Crippen molar-refractivity contribution in [2.45, 2.75) is 38.5 Å². The first-order chi connectivity index (χ1) is 9.61. The summed E-state index contributed by atoms with van der Waals surface area (Å²) in [7, 11) is -3.41. The van der Waals surface area contributed by atoms with Gasteiger partial charge in [-0.2, -0.15) is 0 Å². The molecular formula is C15H22FNO3S. The van der Waals surface area contributed by atoms with Gasteiger partial charge in [0.25, 0.3) is 0 Å². The minimum absolute atomic E-state index is 0.130. The molecule has 0 saturated heterocycles. The Balaban J connectivity index is 2.79. The summed E-state index contributed by atoms with van der Waals surface area (Å²) in [5, 5.41) is 1.70. The van der Waals surface area contributed by atoms with Gasteiger partial charge in [0.1, 0.15) is 11.1 Å². The Morgan fingerprint density at radius 1 is 1.19 bits per heavy atom. The summed E-state index contributed by atoms with van der Waals surface area (Å²) < 4.78 is 35.7. The summed E-state index contributed by atoms with van der Waals surface area (Å²) in [6.45, 7) is 5.26. The maximum atomic E-state index is 12.9. The van der Waals surface area contributed by atoms with Crippen LogP contribution in [0.2, 0.25) is 0 Å². The molecule has 2 atom stereocenters. The van der Waals surface area contributed by atoms with Gasteiger partial charge in [-0.3, -0.25) is 4.79 Å². The van der Waals surface area contributed by atoms with E-state index in [1.807, 2.05) is 13.8 Å². The van der Waals surface area contributed by atoms with E-state index in [1.54, 1.807) is 12.1 Å². The van der Waals surface area contributed by atoms with Crippen LogP contribution >= 0.6 is 0 Å². The molecule has 0 heterocycles. The van der Waals surface area contributed by atoms with Gasteiger partial charge in [-0.25, -0.2) is 12.8 Å². The van der Waals surface area contributed by atoms with Gasteiger partial charge in [0.05, 0.1) is 0 Å². The first kappa shape index (κ1) is 17.6. The molecule has 0 aliphatic rings. The van der Waals surface area contributed by atoms with Gasteiger partial charge in [-0.15, -0.1) is 0 Å². The summed E-state index contributed by atoms with van der Waals surface area (Å²) in [5.74, 6) is -0.682. The maximum absolute atomic E-state index is 12.9. The van der Waals surface area contributed by atoms with E-state index in [9.17, 15) is 17.6 Å². The molecule has 0 aliphatic heterocycles. The number of benzene rings is 1. The van der Waals surface area contributed by atoms with Crippen LogP contribution in [0.25, 0.3) is 0 Å². The van der Waals surface area contributed by atoms with Crippen molar-refractivity contribution in [3.8, 4) is 0 Å². The van der Waals surface area contributed by atoms with Crippen LogP contribution in [0.4, 0.5) is 4.39 Å². The number of carbonyl (C=O) groups excluding carboxylic acids is 1. The second-order valence-electron chi connectivity index (χ2n) is 5.66. The molecule has 0 bridgehead atoms. The van der Waals surface area contributed by atoms with Crippen molar-refractivity contribution >= 4 is 15.7 Å². The molecular weight excluding hydrogens is 293 g/mol. The van der Waals surface area contributed by atoms with Crippen LogP contribution in [0.1, 0.15) is 26.3 Å². The Kier molecular flexibility index (Phi) is 5.89. The highest BCUT2D eigenvalue weighted by Gasteiger charge is 2.26. The van der Waals surface area contributed by atoms with E-state index in [0.717, 1.165) is 11.8 Å². The maximum Gasteiger partial charge on any atom is 0.238 e. The molecule has 118 valence electrons. The normalized spacial score (nSPS) is 14.8. The topological polar surface area (TPSA) is 63.2 Å². The Morgan fingerprint density at radius 3 is 2.14 bits per heavy atom. The fraction of sp³-hybridized carbons (Fsp3) is 0.533. The second-order valence-corrected chi connectivity index (χ2v) is 8.03. The zero-order valence-corrected chi connectivity index (χ0v) is 13.6. The number of hydrogen-bond donors (Lipinski definition) is 1. The quantitative estimate of drug-likeness (QED) is 0.872. The number of hydrogen-bond acceptors (Lipinski definition) is 3. The van der Waals surface area contributed by atoms with Crippen LogP contribution < -0.4 is 5.32 Å². The van der Waals surface area contributed by atoms with Gasteiger partial charge in [0.2, 0.25) is 5.91 Å². The van der Waals surface area contributed by atoms with Crippen molar-refractivity contribution in [2.24, 2.45) is 5.92 Å². The fourth-order valence-corrected chi connectivity index (χ4v) is 2.28. The lowest BCUT2D eigenvalue weighted by molar-refractivity contribution is -0.121. The molecule has 0 spiro atoms. The third-order valence-corrected chi connectivity index (χ3v) is 5.01. The molecule has 1 aromatic carbocycles. The van der Waals surface area contributed by atoms with Crippen molar-refractivity contribution in [3.05, 3.63) is 35.6 Å². The molecule has 1 N–H and O–H groups in total. The van der Waals surface area contributed by atoms with Crippen LogP contribution in [0.3, 0.4) is 0 Å². The molecule has 21 heavy (non-hydrogen) atoms. The Bertz CT molecular complexity index is 581. The zero-order chi connectivity index (χ0) is 16.2. The van der Waals surface area contributed by atoms with Gasteiger partial charge >= 0.3 is 0 Å². The third-order valence-electron chi connectivity index (χ3n) is 3.51. The highest BCUT2D eigenvalue weighted by Crippen LogP contribution is 2.12. The largest absolute Gasteiger partial charge is 0.352 e. The lowest BCUT2D eigenvalue weighted by atomic mass is 9.96. The average Bonchev–Trinajstić information content (AvgIpc) is 2.38. The van der Waals surface area contributed by atoms with Crippen molar-refractivity contribution in [2.75, 3.05) is 6.26 Å². The summed E-state index contributed by atoms with van der Waals surface area (Å²) in [6, 6.07) is 5.86. The van der Waals surface area contributed by atoms with Gasteiger partial charge in [-0.1, -0.05) is 26.0 Å². The standard InChI is InChI=1S/C15H22FNO3S/c1-10(2)14(9-12-5-7-13(16)8-6-12)17-15(18)11(3)21(4,19)20/h5-8,10-11,14H,9H2,1-4H3,(H,17,18)/t11-,14-/m1/s1. The van der Waals surface area contributed by atoms with Gasteiger partial charge in [-0.05, 0) is 37.0 Å². The predicted molar refractivity (Wildman–Crippen MR) is 81.2 cm³/mol. The lowest BCUT2D eigenvalue weighted by Crippen LogP contribution is -2.46. The van der Waals surface area contributed by atoms with E-state index >= 15 is 0 Å². The highest BCUT2D eigenvalue weighted by atomic mass is 32.2. The van der Waals surface area contributed by atoms with Crippen LogP contribution in [0, 0.1) is 11.7 Å². The van der Waals surface area contributed by atoms with E-state index in [4.69, 9.17) is 0 Å². The number of halogens is 1. The Morgan fingerprint density at radius 2 is 1.71 bits per heavy atom. The summed E-state index contributed by atoms with van der Waals surface area (Å²) >= 11 is 0. The van der Waals surface area contributed by atoms with Crippen LogP contribution in [-0.4, -0.2) is 31.9 Å². The molecule has 6 heteroatoms. The SMILES string of the molecule is CC(C)[C@@H](Cc1ccc(F)cc1)NC(=O)[C@@H](C)S(C)(=O)=O. The van der Waals surface area contributed by atoms with Crippen LogP contribution in [0.5, 0.6) is 0 Å². The molecule has 0 aromatic heterocycles. The lowest BCUT2D eigenvalue weighted by Gasteiger charge is -2.24.